The lowest BCUT2D eigenvalue weighted by molar-refractivity contribution is -0.0753. The number of hydrogen-bond donors (Lipinski definition) is 1. The molecule has 0 fully saturated rings. The summed E-state index contributed by atoms with van der Waals surface area (Å²) in [5.41, 5.74) is 0.846. The molecule has 0 bridgehead atoms. The third kappa shape index (κ3) is 2.31. The van der Waals surface area contributed by atoms with Crippen molar-refractivity contribution in [1.82, 2.24) is 5.06 Å². The molecule has 5 heteroatoms. The normalized spacial score (nSPS) is 10.8. The average Bonchev–Trinajstić information content (AvgIpc) is 2.79. The van der Waals surface area contributed by atoms with Gasteiger partial charge in [0, 0.05) is 11.7 Å². The predicted octanol–water partition coefficient (Wildman–Crippen LogP) is 2.03. The third-order valence-electron chi connectivity index (χ3n) is 2.54. The summed E-state index contributed by atoms with van der Waals surface area (Å²) in [6, 6.07) is 7.48. The van der Waals surface area contributed by atoms with E-state index in [1.54, 1.807) is 7.05 Å². The van der Waals surface area contributed by atoms with E-state index in [0.717, 1.165) is 15.6 Å². The topological polar surface area (TPSA) is 49.8 Å². The minimum absolute atomic E-state index is 0.00902. The van der Waals surface area contributed by atoms with E-state index in [-0.39, 0.29) is 12.5 Å². The molecule has 17 heavy (non-hydrogen) atoms. The molecule has 0 atom stereocenters. The van der Waals surface area contributed by atoms with Crippen LogP contribution < -0.4 is 0 Å². The van der Waals surface area contributed by atoms with Gasteiger partial charge in [-0.2, -0.15) is 0 Å². The first-order valence-corrected chi connectivity index (χ1v) is 5.93. The molecule has 1 aromatic heterocycles. The zero-order valence-corrected chi connectivity index (χ0v) is 10.5. The van der Waals surface area contributed by atoms with Gasteiger partial charge in [-0.1, -0.05) is 12.1 Å². The summed E-state index contributed by atoms with van der Waals surface area (Å²) in [6.07, 6.45) is 0. The molecule has 0 saturated carbocycles. The van der Waals surface area contributed by atoms with Crippen LogP contribution in [0.3, 0.4) is 0 Å². The lowest BCUT2D eigenvalue weighted by Gasteiger charge is -2.11. The Morgan fingerprint density at radius 1 is 1.47 bits per heavy atom. The maximum Gasteiger partial charge on any atom is 0.287 e. The second kappa shape index (κ2) is 4.83. The van der Waals surface area contributed by atoms with Crippen LogP contribution in [-0.2, 0) is 11.4 Å². The van der Waals surface area contributed by atoms with Gasteiger partial charge < -0.3 is 5.11 Å². The lowest BCUT2D eigenvalue weighted by atomic mass is 10.2. The smallest absolute Gasteiger partial charge is 0.287 e. The first-order valence-electron chi connectivity index (χ1n) is 5.11. The number of fused-ring (bicyclic) bond motifs is 1. The van der Waals surface area contributed by atoms with Crippen LogP contribution in [0.25, 0.3) is 10.1 Å². The number of rotatable bonds is 3. The monoisotopic (exact) mass is 251 g/mol. The summed E-state index contributed by atoms with van der Waals surface area (Å²) >= 11 is 1.40. The number of benzene rings is 1. The van der Waals surface area contributed by atoms with Crippen LogP contribution >= 0.6 is 11.3 Å². The number of carbonyl (C=O) groups excluding carboxylic acids is 1. The van der Waals surface area contributed by atoms with Crippen LogP contribution in [0, 0.1) is 0 Å². The maximum absolute atomic E-state index is 11.9. The highest BCUT2D eigenvalue weighted by Gasteiger charge is 2.14. The first kappa shape index (κ1) is 12.0. The summed E-state index contributed by atoms with van der Waals surface area (Å²) in [5, 5.41) is 11.2. The summed E-state index contributed by atoms with van der Waals surface area (Å²) in [5.74, 6) is -0.167. The minimum Gasteiger partial charge on any atom is -0.392 e. The number of hydrogen-bond acceptors (Lipinski definition) is 4. The largest absolute Gasteiger partial charge is 0.392 e. The fourth-order valence-electron chi connectivity index (χ4n) is 1.52. The Bertz CT molecular complexity index is 550. The molecule has 1 aromatic carbocycles. The third-order valence-corrected chi connectivity index (χ3v) is 3.62. The van der Waals surface area contributed by atoms with Crippen LogP contribution in [0.5, 0.6) is 0 Å². The maximum atomic E-state index is 11.9. The van der Waals surface area contributed by atoms with E-state index in [0.29, 0.717) is 4.88 Å². The van der Waals surface area contributed by atoms with Gasteiger partial charge in [-0.25, -0.2) is 5.06 Å². The van der Waals surface area contributed by atoms with Gasteiger partial charge in [-0.05, 0) is 23.1 Å². The van der Waals surface area contributed by atoms with Crippen molar-refractivity contribution in [3.8, 4) is 0 Å². The number of nitrogens with zero attached hydrogens (tertiary/aromatic N) is 1. The Kier molecular flexibility index (Phi) is 3.42. The Morgan fingerprint density at radius 2 is 2.24 bits per heavy atom. The van der Waals surface area contributed by atoms with Gasteiger partial charge in [0.15, 0.2) is 0 Å². The molecule has 1 N–H and O–H groups in total. The predicted molar refractivity (Wildman–Crippen MR) is 66.9 cm³/mol. The highest BCUT2D eigenvalue weighted by atomic mass is 32.1. The van der Waals surface area contributed by atoms with E-state index < -0.39 is 0 Å². The number of aliphatic hydroxyl groups excluding tert-OH is 1. The molecule has 0 saturated heterocycles. The van der Waals surface area contributed by atoms with Crippen molar-refractivity contribution in [2.24, 2.45) is 0 Å². The fourth-order valence-corrected chi connectivity index (χ4v) is 2.61. The molecule has 4 nitrogen and oxygen atoms in total. The van der Waals surface area contributed by atoms with E-state index >= 15 is 0 Å². The van der Waals surface area contributed by atoms with Crippen molar-refractivity contribution >= 4 is 27.3 Å². The highest BCUT2D eigenvalue weighted by molar-refractivity contribution is 7.20. The molecule has 90 valence electrons. The molecule has 0 aliphatic rings. The van der Waals surface area contributed by atoms with Crippen molar-refractivity contribution < 1.29 is 14.7 Å². The molecule has 1 amide bonds. The zero-order chi connectivity index (χ0) is 12.4. The zero-order valence-electron chi connectivity index (χ0n) is 9.64. The van der Waals surface area contributed by atoms with Gasteiger partial charge in [0.05, 0.1) is 18.6 Å². The van der Waals surface area contributed by atoms with E-state index in [9.17, 15) is 4.79 Å². The average molecular weight is 251 g/mol. The van der Waals surface area contributed by atoms with Gasteiger partial charge >= 0.3 is 0 Å². The number of thiophene rings is 1. The molecule has 0 radical (unpaired) electrons. The van der Waals surface area contributed by atoms with Crippen LogP contribution in [0.15, 0.2) is 24.3 Å². The second-order valence-corrected chi connectivity index (χ2v) is 4.71. The van der Waals surface area contributed by atoms with Gasteiger partial charge in [0.25, 0.3) is 5.91 Å². The van der Waals surface area contributed by atoms with Crippen LogP contribution in [0.4, 0.5) is 0 Å². The molecule has 0 spiro atoms. The van der Waals surface area contributed by atoms with E-state index in [4.69, 9.17) is 9.94 Å². The molecular formula is C12H13NO3S. The van der Waals surface area contributed by atoms with Crippen LogP contribution in [-0.4, -0.2) is 30.2 Å². The molecule has 2 aromatic rings. The van der Waals surface area contributed by atoms with Gasteiger partial charge in [0.1, 0.15) is 0 Å². The number of amides is 1. The number of aliphatic hydroxyl groups is 1. The minimum atomic E-state index is -0.167. The second-order valence-electron chi connectivity index (χ2n) is 3.63. The Hall–Kier alpha value is -1.43. The van der Waals surface area contributed by atoms with Gasteiger partial charge in [-0.3, -0.25) is 9.63 Å². The first-order chi connectivity index (χ1) is 8.15. The van der Waals surface area contributed by atoms with Crippen molar-refractivity contribution in [2.45, 2.75) is 6.61 Å². The van der Waals surface area contributed by atoms with E-state index in [2.05, 4.69) is 0 Å². The Labute approximate surface area is 103 Å². The summed E-state index contributed by atoms with van der Waals surface area (Å²) in [6.45, 7) is 0.00902. The molecule has 0 aliphatic heterocycles. The lowest BCUT2D eigenvalue weighted by Crippen LogP contribution is -2.24. The summed E-state index contributed by atoms with van der Waals surface area (Å²) in [4.78, 5) is 17.3. The van der Waals surface area contributed by atoms with Crippen LogP contribution in [0.2, 0.25) is 0 Å². The highest BCUT2D eigenvalue weighted by Crippen LogP contribution is 2.27. The van der Waals surface area contributed by atoms with E-state index in [1.807, 2.05) is 24.3 Å². The van der Waals surface area contributed by atoms with Crippen molar-refractivity contribution in [1.29, 1.82) is 0 Å². The number of carbonyl (C=O) groups is 1. The summed E-state index contributed by atoms with van der Waals surface area (Å²) in [7, 11) is 3.03. The number of hydroxylamine groups is 2. The Balaban J connectivity index is 2.41. The van der Waals surface area contributed by atoms with Crippen molar-refractivity contribution in [3.05, 3.63) is 34.7 Å². The van der Waals surface area contributed by atoms with E-state index in [1.165, 1.54) is 23.5 Å². The van der Waals surface area contributed by atoms with Gasteiger partial charge in [0.2, 0.25) is 0 Å². The molecule has 0 aliphatic carbocycles. The van der Waals surface area contributed by atoms with Crippen molar-refractivity contribution in [2.75, 3.05) is 14.2 Å². The standard InChI is InChI=1S/C12H13NO3S/c1-13(16-2)12(15)11-6-9-4-3-8(7-14)5-10(9)17-11/h3-6,14H,7H2,1-2H3. The molecule has 0 unspecified atom stereocenters. The summed E-state index contributed by atoms with van der Waals surface area (Å²) < 4.78 is 0.990. The Morgan fingerprint density at radius 3 is 2.88 bits per heavy atom. The fraction of sp³-hybridized carbons (Fsp3) is 0.250. The SMILES string of the molecule is CON(C)C(=O)c1cc2ccc(CO)cc2s1. The van der Waals surface area contributed by atoms with Crippen molar-refractivity contribution in [3.63, 3.8) is 0 Å². The molecule has 1 heterocycles. The quantitative estimate of drug-likeness (QED) is 0.849. The molecule has 2 rings (SSSR count). The van der Waals surface area contributed by atoms with Gasteiger partial charge in [-0.15, -0.1) is 11.3 Å². The van der Waals surface area contributed by atoms with Crippen LogP contribution in [0.1, 0.15) is 15.2 Å². The molecular weight excluding hydrogens is 238 g/mol.